The Kier molecular flexibility index (Phi) is 4.71. The first-order valence-corrected chi connectivity index (χ1v) is 16.2. The van der Waals surface area contributed by atoms with Gasteiger partial charge in [-0.1, -0.05) is 115 Å². The quantitative estimate of drug-likeness (QED) is 0.177. The molecule has 1 fully saturated rings. The Hall–Kier alpha value is -5.12. The summed E-state index contributed by atoms with van der Waals surface area (Å²) in [5.41, 5.74) is 21.9. The highest BCUT2D eigenvalue weighted by Gasteiger charge is 2.42. The van der Waals surface area contributed by atoms with Crippen molar-refractivity contribution in [3.63, 3.8) is 0 Å². The number of allylic oxidation sites excluding steroid dienone is 7. The molecule has 2 unspecified atom stereocenters. The van der Waals surface area contributed by atoms with Gasteiger partial charge in [-0.05, 0) is 97.3 Å². The van der Waals surface area contributed by atoms with Crippen LogP contribution in [0.15, 0.2) is 139 Å². The Bertz CT molecular complexity index is 2260. The standard InChI is InChI=1S/C42H29BN2/c1-2-9-38-35(8-1)43-36-23-29(25-11-13-26(14-12-25)37-24-44-37)19-20-33(36)34-7-4-10-39(42(34)43)45(38)32-21-30-17-15-27-5-3-6-28-16-18-31(22-32)41(30)40(27)28/h1-17,19-23,37,40,44H,18,24H2. The Balaban J connectivity index is 1.08. The Morgan fingerprint density at radius 3 is 2.49 bits per heavy atom. The van der Waals surface area contributed by atoms with E-state index in [4.69, 9.17) is 0 Å². The summed E-state index contributed by atoms with van der Waals surface area (Å²) < 4.78 is 0. The molecule has 2 nitrogen and oxygen atoms in total. The van der Waals surface area contributed by atoms with Gasteiger partial charge in [0.25, 0.3) is 0 Å². The highest BCUT2D eigenvalue weighted by atomic mass is 15.2. The minimum atomic E-state index is 0.219. The molecule has 6 aliphatic rings. The third-order valence-electron chi connectivity index (χ3n) is 10.9. The predicted molar refractivity (Wildman–Crippen MR) is 188 cm³/mol. The molecule has 11 rings (SSSR count). The van der Waals surface area contributed by atoms with Crippen LogP contribution in [0.25, 0.3) is 28.3 Å². The lowest BCUT2D eigenvalue weighted by Crippen LogP contribution is -2.54. The van der Waals surface area contributed by atoms with Crippen molar-refractivity contribution in [2.24, 2.45) is 0 Å². The van der Waals surface area contributed by atoms with Gasteiger partial charge in [0.1, 0.15) is 0 Å². The van der Waals surface area contributed by atoms with E-state index in [-0.39, 0.29) is 6.71 Å². The fraction of sp³-hybridized carbons (Fsp3) is 0.0952. The molecule has 0 spiro atoms. The summed E-state index contributed by atoms with van der Waals surface area (Å²) >= 11 is 0. The van der Waals surface area contributed by atoms with Crippen molar-refractivity contribution in [1.29, 1.82) is 0 Å². The van der Waals surface area contributed by atoms with Gasteiger partial charge in [-0.25, -0.2) is 0 Å². The molecule has 3 aliphatic heterocycles. The lowest BCUT2D eigenvalue weighted by atomic mass is 9.37. The molecule has 3 heteroatoms. The van der Waals surface area contributed by atoms with Gasteiger partial charge in [-0.2, -0.15) is 0 Å². The second kappa shape index (κ2) is 8.75. The third-order valence-corrected chi connectivity index (χ3v) is 10.9. The average Bonchev–Trinajstić information content (AvgIpc) is 3.90. The molecule has 210 valence electrons. The van der Waals surface area contributed by atoms with Crippen molar-refractivity contribution >= 4 is 46.2 Å². The van der Waals surface area contributed by atoms with Crippen LogP contribution in [0.3, 0.4) is 0 Å². The smallest absolute Gasteiger partial charge is 0.248 e. The predicted octanol–water partition coefficient (Wildman–Crippen LogP) is 7.37. The summed E-state index contributed by atoms with van der Waals surface area (Å²) in [7, 11) is 0. The topological polar surface area (TPSA) is 25.2 Å². The number of anilines is 3. The number of nitrogens with zero attached hydrogens (tertiary/aromatic N) is 1. The first kappa shape index (κ1) is 24.2. The second-order valence-electron chi connectivity index (χ2n) is 13.3. The number of benzene rings is 5. The van der Waals surface area contributed by atoms with E-state index < -0.39 is 0 Å². The molecule has 0 amide bonds. The minimum absolute atomic E-state index is 0.219. The van der Waals surface area contributed by atoms with E-state index in [1.165, 1.54) is 89.1 Å². The molecule has 0 saturated carbocycles. The van der Waals surface area contributed by atoms with E-state index in [0.29, 0.717) is 12.0 Å². The van der Waals surface area contributed by atoms with Gasteiger partial charge in [-0.15, -0.1) is 0 Å². The van der Waals surface area contributed by atoms with Gasteiger partial charge >= 0.3 is 0 Å². The fourth-order valence-electron chi connectivity index (χ4n) is 8.79. The molecular weight excluding hydrogens is 543 g/mol. The molecular formula is C42H29BN2. The largest absolute Gasteiger partial charge is 0.311 e. The maximum Gasteiger partial charge on any atom is 0.248 e. The molecule has 1 saturated heterocycles. The first-order chi connectivity index (χ1) is 22.3. The molecule has 1 N–H and O–H groups in total. The number of rotatable bonds is 3. The number of hydrogen-bond donors (Lipinski definition) is 1. The molecule has 0 radical (unpaired) electrons. The monoisotopic (exact) mass is 572 g/mol. The Morgan fingerprint density at radius 1 is 0.711 bits per heavy atom. The lowest BCUT2D eigenvalue weighted by molar-refractivity contribution is 0.892. The van der Waals surface area contributed by atoms with Crippen molar-refractivity contribution in [1.82, 2.24) is 5.32 Å². The van der Waals surface area contributed by atoms with Crippen LogP contribution < -0.4 is 26.6 Å². The van der Waals surface area contributed by atoms with Crippen LogP contribution in [-0.4, -0.2) is 13.3 Å². The van der Waals surface area contributed by atoms with Crippen molar-refractivity contribution < 1.29 is 0 Å². The minimum Gasteiger partial charge on any atom is -0.311 e. The number of nitrogens with one attached hydrogen (secondary N) is 1. The van der Waals surface area contributed by atoms with Crippen LogP contribution >= 0.6 is 0 Å². The van der Waals surface area contributed by atoms with E-state index in [1.54, 1.807) is 0 Å². The van der Waals surface area contributed by atoms with Crippen LogP contribution in [0.5, 0.6) is 0 Å². The second-order valence-corrected chi connectivity index (χ2v) is 13.3. The fourth-order valence-corrected chi connectivity index (χ4v) is 8.79. The first-order valence-electron chi connectivity index (χ1n) is 16.2. The molecule has 2 atom stereocenters. The summed E-state index contributed by atoms with van der Waals surface area (Å²) in [4.78, 5) is 2.54. The van der Waals surface area contributed by atoms with E-state index in [9.17, 15) is 0 Å². The summed E-state index contributed by atoms with van der Waals surface area (Å²) in [5, 5.41) is 3.42. The molecule has 5 aromatic rings. The van der Waals surface area contributed by atoms with Gasteiger partial charge in [0.2, 0.25) is 6.71 Å². The SMILES string of the molecule is C1=CC2=CCc3cc(N4c5ccccc5B5c6cc(-c7ccc(C8CN8)cc7)ccc6-c6cccc4c65)cc4c3C2C(=C1)C=C4. The molecule has 0 bridgehead atoms. The zero-order valence-electron chi connectivity index (χ0n) is 24.8. The maximum atomic E-state index is 3.42. The van der Waals surface area contributed by atoms with Gasteiger partial charge in [-0.3, -0.25) is 0 Å². The normalized spacial score (nSPS) is 20.2. The van der Waals surface area contributed by atoms with Crippen LogP contribution in [0.4, 0.5) is 17.1 Å². The van der Waals surface area contributed by atoms with Crippen LogP contribution in [0, 0.1) is 0 Å². The molecule has 45 heavy (non-hydrogen) atoms. The van der Waals surface area contributed by atoms with Gasteiger partial charge in [0.05, 0.1) is 0 Å². The zero-order chi connectivity index (χ0) is 29.2. The Labute approximate surface area is 263 Å². The number of hydrogen-bond acceptors (Lipinski definition) is 2. The molecule has 3 aliphatic carbocycles. The van der Waals surface area contributed by atoms with Crippen LogP contribution in [0.1, 0.15) is 34.2 Å². The van der Waals surface area contributed by atoms with E-state index in [0.717, 1.165) is 13.0 Å². The summed E-state index contributed by atoms with van der Waals surface area (Å²) in [6.45, 7) is 1.31. The highest BCUT2D eigenvalue weighted by Crippen LogP contribution is 2.49. The molecule has 5 aromatic carbocycles. The summed E-state index contributed by atoms with van der Waals surface area (Å²) in [6, 6.07) is 37.7. The lowest BCUT2D eigenvalue weighted by Gasteiger charge is -2.38. The molecule has 3 heterocycles. The van der Waals surface area contributed by atoms with Crippen LogP contribution in [0.2, 0.25) is 0 Å². The van der Waals surface area contributed by atoms with Crippen LogP contribution in [-0.2, 0) is 6.42 Å². The van der Waals surface area contributed by atoms with E-state index in [1.807, 2.05) is 0 Å². The van der Waals surface area contributed by atoms with Gasteiger partial charge < -0.3 is 10.2 Å². The van der Waals surface area contributed by atoms with Gasteiger partial charge in [0, 0.05) is 35.6 Å². The van der Waals surface area contributed by atoms with Crippen molar-refractivity contribution in [3.05, 3.63) is 161 Å². The van der Waals surface area contributed by atoms with E-state index >= 15 is 0 Å². The average molecular weight is 573 g/mol. The highest BCUT2D eigenvalue weighted by molar-refractivity contribution is 7.01. The van der Waals surface area contributed by atoms with Crippen molar-refractivity contribution in [2.45, 2.75) is 18.4 Å². The third kappa shape index (κ3) is 3.34. The summed E-state index contributed by atoms with van der Waals surface area (Å²) in [6.07, 6.45) is 14.9. The molecule has 0 aromatic heterocycles. The Morgan fingerprint density at radius 2 is 1.58 bits per heavy atom. The number of para-hydroxylation sites is 1. The van der Waals surface area contributed by atoms with E-state index in [2.05, 4.69) is 144 Å². The maximum absolute atomic E-state index is 3.42. The number of fused-ring (bicyclic) bond motifs is 5. The van der Waals surface area contributed by atoms with Gasteiger partial charge in [0.15, 0.2) is 0 Å². The van der Waals surface area contributed by atoms with Crippen molar-refractivity contribution in [3.8, 4) is 22.3 Å². The zero-order valence-corrected chi connectivity index (χ0v) is 24.8. The summed E-state index contributed by atoms with van der Waals surface area (Å²) in [5.74, 6) is 0.372. The van der Waals surface area contributed by atoms with Crippen molar-refractivity contribution in [2.75, 3.05) is 11.4 Å².